The maximum absolute atomic E-state index is 13.1. The lowest BCUT2D eigenvalue weighted by Gasteiger charge is -2.29. The normalized spacial score (nSPS) is 18.7. The number of benzene rings is 2. The molecule has 0 saturated carbocycles. The van der Waals surface area contributed by atoms with Crippen molar-refractivity contribution in [3.8, 4) is 16.9 Å². The van der Waals surface area contributed by atoms with E-state index in [0.717, 1.165) is 22.4 Å². The zero-order valence-electron chi connectivity index (χ0n) is 17.7. The summed E-state index contributed by atoms with van der Waals surface area (Å²) in [6, 6.07) is 16.3. The summed E-state index contributed by atoms with van der Waals surface area (Å²) < 4.78 is 5.47. The van der Waals surface area contributed by atoms with Gasteiger partial charge < -0.3 is 15.0 Å². The number of hydrogen-bond donors (Lipinski definition) is 1. The SMILES string of the molecule is COc1ccccc1-c1ccc(CC2(C(=O)NC(C)C)CCN(C(C)=O)C2)cc1. The van der Waals surface area contributed by atoms with Crippen LogP contribution >= 0.6 is 0 Å². The quantitative estimate of drug-likeness (QED) is 0.813. The summed E-state index contributed by atoms with van der Waals surface area (Å²) >= 11 is 0. The Balaban J connectivity index is 1.85. The summed E-state index contributed by atoms with van der Waals surface area (Å²) in [5.74, 6) is 0.890. The van der Waals surface area contributed by atoms with Gasteiger partial charge in [0.1, 0.15) is 5.75 Å². The van der Waals surface area contributed by atoms with Gasteiger partial charge in [-0.1, -0.05) is 42.5 Å². The van der Waals surface area contributed by atoms with Crippen molar-refractivity contribution in [2.24, 2.45) is 5.41 Å². The van der Waals surface area contributed by atoms with Crippen molar-refractivity contribution < 1.29 is 14.3 Å². The van der Waals surface area contributed by atoms with E-state index in [1.165, 1.54) is 0 Å². The van der Waals surface area contributed by atoms with E-state index < -0.39 is 5.41 Å². The van der Waals surface area contributed by atoms with E-state index in [2.05, 4.69) is 29.6 Å². The zero-order chi connectivity index (χ0) is 21.0. The maximum atomic E-state index is 13.1. The summed E-state index contributed by atoms with van der Waals surface area (Å²) in [7, 11) is 1.67. The van der Waals surface area contributed by atoms with Crippen LogP contribution in [0.4, 0.5) is 0 Å². The Morgan fingerprint density at radius 2 is 1.83 bits per heavy atom. The highest BCUT2D eigenvalue weighted by molar-refractivity contribution is 5.85. The van der Waals surface area contributed by atoms with E-state index in [0.29, 0.717) is 25.9 Å². The second-order valence-corrected chi connectivity index (χ2v) is 8.17. The third kappa shape index (κ3) is 4.61. The molecule has 5 heteroatoms. The molecule has 0 radical (unpaired) electrons. The summed E-state index contributed by atoms with van der Waals surface area (Å²) in [6.07, 6.45) is 1.29. The van der Waals surface area contributed by atoms with Crippen LogP contribution in [0, 0.1) is 5.41 Å². The van der Waals surface area contributed by atoms with E-state index in [9.17, 15) is 9.59 Å². The van der Waals surface area contributed by atoms with Crippen molar-refractivity contribution in [1.82, 2.24) is 10.2 Å². The van der Waals surface area contributed by atoms with Gasteiger partial charge in [-0.15, -0.1) is 0 Å². The Kier molecular flexibility index (Phi) is 6.26. The monoisotopic (exact) mass is 394 g/mol. The Hall–Kier alpha value is -2.82. The Labute approximate surface area is 173 Å². The Morgan fingerprint density at radius 3 is 2.41 bits per heavy atom. The van der Waals surface area contributed by atoms with Gasteiger partial charge in [-0.2, -0.15) is 0 Å². The molecule has 1 atom stereocenters. The third-order valence-corrected chi connectivity index (χ3v) is 5.61. The van der Waals surface area contributed by atoms with Crippen molar-refractivity contribution in [3.05, 3.63) is 54.1 Å². The fraction of sp³-hybridized carbons (Fsp3) is 0.417. The minimum absolute atomic E-state index is 0.0238. The number of likely N-dealkylation sites (tertiary alicyclic amines) is 1. The highest BCUT2D eigenvalue weighted by atomic mass is 16.5. The van der Waals surface area contributed by atoms with Gasteiger partial charge in [0.15, 0.2) is 0 Å². The van der Waals surface area contributed by atoms with Crippen LogP contribution in [0.2, 0.25) is 0 Å². The number of ether oxygens (including phenoxy) is 1. The highest BCUT2D eigenvalue weighted by Crippen LogP contribution is 2.36. The molecule has 1 unspecified atom stereocenters. The molecule has 2 amide bonds. The average molecular weight is 395 g/mol. The number of rotatable bonds is 6. The second kappa shape index (κ2) is 8.68. The topological polar surface area (TPSA) is 58.6 Å². The molecule has 154 valence electrons. The Morgan fingerprint density at radius 1 is 1.14 bits per heavy atom. The van der Waals surface area contributed by atoms with Crippen LogP contribution in [0.1, 0.15) is 32.8 Å². The number of methoxy groups -OCH3 is 1. The second-order valence-electron chi connectivity index (χ2n) is 8.17. The molecule has 0 aromatic heterocycles. The van der Waals surface area contributed by atoms with Gasteiger partial charge in [-0.25, -0.2) is 0 Å². The first-order valence-corrected chi connectivity index (χ1v) is 10.1. The first-order chi connectivity index (χ1) is 13.8. The van der Waals surface area contributed by atoms with Crippen molar-refractivity contribution >= 4 is 11.8 Å². The molecule has 0 bridgehead atoms. The molecule has 1 N–H and O–H groups in total. The predicted octanol–water partition coefficient (Wildman–Crippen LogP) is 3.67. The molecule has 1 heterocycles. The van der Waals surface area contributed by atoms with Crippen molar-refractivity contribution in [2.75, 3.05) is 20.2 Å². The minimum atomic E-state index is -0.581. The van der Waals surface area contributed by atoms with Crippen LogP contribution in [-0.2, 0) is 16.0 Å². The largest absolute Gasteiger partial charge is 0.496 e. The molecule has 0 spiro atoms. The number of para-hydroxylation sites is 1. The van der Waals surface area contributed by atoms with E-state index in [1.54, 1.807) is 18.9 Å². The van der Waals surface area contributed by atoms with Crippen LogP contribution < -0.4 is 10.1 Å². The molecule has 3 rings (SSSR count). The van der Waals surface area contributed by atoms with Crippen molar-refractivity contribution in [2.45, 2.75) is 39.7 Å². The van der Waals surface area contributed by atoms with Gasteiger partial charge in [0.05, 0.1) is 12.5 Å². The lowest BCUT2D eigenvalue weighted by Crippen LogP contribution is -2.47. The molecule has 2 aromatic rings. The first-order valence-electron chi connectivity index (χ1n) is 10.1. The highest BCUT2D eigenvalue weighted by Gasteiger charge is 2.45. The number of nitrogens with zero attached hydrogens (tertiary/aromatic N) is 1. The molecule has 1 fully saturated rings. The number of carbonyl (C=O) groups excluding carboxylic acids is 2. The van der Waals surface area contributed by atoms with Gasteiger partial charge in [0.25, 0.3) is 0 Å². The molecule has 1 aliphatic rings. The average Bonchev–Trinajstić information content (AvgIpc) is 3.14. The van der Waals surface area contributed by atoms with Crippen LogP contribution in [0.5, 0.6) is 5.75 Å². The van der Waals surface area contributed by atoms with Crippen LogP contribution in [0.3, 0.4) is 0 Å². The number of carbonyl (C=O) groups is 2. The lowest BCUT2D eigenvalue weighted by molar-refractivity contribution is -0.132. The van der Waals surface area contributed by atoms with E-state index >= 15 is 0 Å². The standard InChI is InChI=1S/C24H30N2O3/c1-17(2)25-23(28)24(13-14-26(16-24)18(3)27)15-19-9-11-20(12-10-19)21-7-5-6-8-22(21)29-4/h5-12,17H,13-16H2,1-4H3,(H,25,28). The summed E-state index contributed by atoms with van der Waals surface area (Å²) in [4.78, 5) is 26.7. The molecule has 5 nitrogen and oxygen atoms in total. The fourth-order valence-corrected chi connectivity index (χ4v) is 4.04. The van der Waals surface area contributed by atoms with E-state index in [1.807, 2.05) is 38.1 Å². The Bertz CT molecular complexity index is 876. The van der Waals surface area contributed by atoms with E-state index in [4.69, 9.17) is 4.74 Å². The van der Waals surface area contributed by atoms with Gasteiger partial charge in [0.2, 0.25) is 11.8 Å². The summed E-state index contributed by atoms with van der Waals surface area (Å²) in [5, 5.41) is 3.06. The smallest absolute Gasteiger partial charge is 0.228 e. The number of hydrogen-bond acceptors (Lipinski definition) is 3. The van der Waals surface area contributed by atoms with Crippen molar-refractivity contribution in [1.29, 1.82) is 0 Å². The van der Waals surface area contributed by atoms with Gasteiger partial charge >= 0.3 is 0 Å². The molecule has 1 aliphatic heterocycles. The van der Waals surface area contributed by atoms with Gasteiger partial charge in [0, 0.05) is 31.6 Å². The fourth-order valence-electron chi connectivity index (χ4n) is 4.04. The minimum Gasteiger partial charge on any atom is -0.496 e. The molecule has 0 aliphatic carbocycles. The third-order valence-electron chi connectivity index (χ3n) is 5.61. The van der Waals surface area contributed by atoms with E-state index in [-0.39, 0.29) is 17.9 Å². The number of nitrogens with one attached hydrogen (secondary N) is 1. The lowest BCUT2D eigenvalue weighted by atomic mass is 9.79. The van der Waals surface area contributed by atoms with Crippen LogP contribution in [-0.4, -0.2) is 43.0 Å². The molecule has 29 heavy (non-hydrogen) atoms. The number of amides is 2. The van der Waals surface area contributed by atoms with Gasteiger partial charge in [-0.3, -0.25) is 9.59 Å². The molecular weight excluding hydrogens is 364 g/mol. The van der Waals surface area contributed by atoms with Crippen molar-refractivity contribution in [3.63, 3.8) is 0 Å². The molecule has 1 saturated heterocycles. The van der Waals surface area contributed by atoms with Crippen LogP contribution in [0.15, 0.2) is 48.5 Å². The van der Waals surface area contributed by atoms with Crippen LogP contribution in [0.25, 0.3) is 11.1 Å². The summed E-state index contributed by atoms with van der Waals surface area (Å²) in [5.41, 5.74) is 2.62. The predicted molar refractivity (Wildman–Crippen MR) is 115 cm³/mol. The molecular formula is C24H30N2O3. The van der Waals surface area contributed by atoms with Gasteiger partial charge in [-0.05, 0) is 43.9 Å². The molecule has 2 aromatic carbocycles. The maximum Gasteiger partial charge on any atom is 0.228 e. The summed E-state index contributed by atoms with van der Waals surface area (Å²) in [6.45, 7) is 6.59. The zero-order valence-corrected chi connectivity index (χ0v) is 17.7. The first kappa shape index (κ1) is 20.9.